The van der Waals surface area contributed by atoms with Crippen LogP contribution in [0, 0.1) is 12.8 Å². The van der Waals surface area contributed by atoms with E-state index in [4.69, 9.17) is 27.1 Å². The van der Waals surface area contributed by atoms with Crippen molar-refractivity contribution in [3.05, 3.63) is 60.9 Å². The first-order chi connectivity index (χ1) is 18.0. The molecule has 0 bridgehead atoms. The summed E-state index contributed by atoms with van der Waals surface area (Å²) < 4.78 is 6.79. The quantitative estimate of drug-likeness (QED) is 0.341. The Hall–Kier alpha value is -3.27. The number of benzene rings is 1. The molecule has 4 aliphatic rings. The lowest BCUT2D eigenvalue weighted by Crippen LogP contribution is -2.44. The van der Waals surface area contributed by atoms with Crippen LogP contribution in [0.2, 0.25) is 5.02 Å². The van der Waals surface area contributed by atoms with Gasteiger partial charge < -0.3 is 25.3 Å². The van der Waals surface area contributed by atoms with E-state index in [0.717, 1.165) is 34.1 Å². The first-order valence-corrected chi connectivity index (χ1v) is 13.2. The molecular weight excluding hydrogens is 510 g/mol. The molecule has 4 heterocycles. The Morgan fingerprint density at radius 3 is 2.71 bits per heavy atom. The molecule has 0 saturated heterocycles. The SMILES string of the molecule is CC[C@@]1(O)C(=O)OCc2c1cc1n(c2=O)Cc2c-1nc1cc(Cl)c(C)c3c1c2[C@H](C1CC1(O)C(N)=O)CC3. The Labute approximate surface area is 222 Å². The second-order valence-electron chi connectivity index (χ2n) is 11.1. The summed E-state index contributed by atoms with van der Waals surface area (Å²) in [5.41, 5.74) is 7.86. The first kappa shape index (κ1) is 23.8. The zero-order valence-electron chi connectivity index (χ0n) is 20.9. The highest BCUT2D eigenvalue weighted by Gasteiger charge is 2.62. The summed E-state index contributed by atoms with van der Waals surface area (Å²) in [6, 6.07) is 3.50. The van der Waals surface area contributed by atoms with Gasteiger partial charge in [-0.2, -0.15) is 0 Å². The topological polar surface area (TPSA) is 145 Å². The summed E-state index contributed by atoms with van der Waals surface area (Å²) in [6.45, 7) is 3.68. The summed E-state index contributed by atoms with van der Waals surface area (Å²) in [5.74, 6) is -1.98. The standard InChI is InChI=1S/C28H26ClN3O6/c1-3-27(36)16-6-20-23-14(9-32(20)24(33)15(16)10-38-26(27)35)21-13(17-8-28(17,37)25(30)34)5-4-12-11(2)18(29)7-19(31-23)22(12)21/h6-7,13,17,36-37H,3-5,8-10H2,1-2H3,(H2,30,34)/t13-,17?,27-,28?/m0/s1. The number of fused-ring (bicyclic) bond motifs is 5. The van der Waals surface area contributed by atoms with Crippen LogP contribution in [0.25, 0.3) is 22.3 Å². The van der Waals surface area contributed by atoms with Gasteiger partial charge in [0.2, 0.25) is 5.91 Å². The summed E-state index contributed by atoms with van der Waals surface area (Å²) in [6.07, 6.45) is 1.76. The van der Waals surface area contributed by atoms with Crippen LogP contribution in [-0.4, -0.2) is 37.2 Å². The highest BCUT2D eigenvalue weighted by Crippen LogP contribution is 2.58. The number of ether oxygens (including phenoxy) is 1. The fourth-order valence-electron chi connectivity index (χ4n) is 7.03. The molecule has 2 unspecified atom stereocenters. The smallest absolute Gasteiger partial charge is 0.343 e. The van der Waals surface area contributed by atoms with Crippen molar-refractivity contribution in [1.82, 2.24) is 9.55 Å². The third-order valence-electron chi connectivity index (χ3n) is 9.32. The number of aryl methyl sites for hydroxylation is 1. The number of esters is 1. The summed E-state index contributed by atoms with van der Waals surface area (Å²) in [5, 5.41) is 23.6. The number of rotatable bonds is 3. The average molecular weight is 536 g/mol. The van der Waals surface area contributed by atoms with Gasteiger partial charge in [-0.3, -0.25) is 9.59 Å². The number of carbonyl (C=O) groups is 2. The number of carbonyl (C=O) groups excluding carboxylic acids is 2. The first-order valence-electron chi connectivity index (χ1n) is 12.8. The minimum Gasteiger partial charge on any atom is -0.458 e. The van der Waals surface area contributed by atoms with Gasteiger partial charge in [0, 0.05) is 27.5 Å². The van der Waals surface area contributed by atoms with E-state index < -0.39 is 23.1 Å². The van der Waals surface area contributed by atoms with Gasteiger partial charge in [0.05, 0.1) is 29.0 Å². The van der Waals surface area contributed by atoms with Gasteiger partial charge in [0.25, 0.3) is 5.56 Å². The van der Waals surface area contributed by atoms with Crippen molar-refractivity contribution in [2.24, 2.45) is 11.7 Å². The van der Waals surface area contributed by atoms with Crippen molar-refractivity contribution >= 4 is 34.4 Å². The van der Waals surface area contributed by atoms with Gasteiger partial charge in [-0.05, 0) is 67.3 Å². The maximum absolute atomic E-state index is 13.7. The number of cyclic esters (lactones) is 1. The van der Waals surface area contributed by atoms with Crippen LogP contribution < -0.4 is 11.3 Å². The van der Waals surface area contributed by atoms with Crippen molar-refractivity contribution in [1.29, 1.82) is 0 Å². The Kier molecular flexibility index (Phi) is 4.66. The number of nitrogens with zero attached hydrogens (tertiary/aromatic N) is 2. The maximum Gasteiger partial charge on any atom is 0.343 e. The second kappa shape index (κ2) is 7.43. The van der Waals surface area contributed by atoms with Crippen LogP contribution in [0.3, 0.4) is 0 Å². The van der Waals surface area contributed by atoms with Crippen molar-refractivity contribution in [2.75, 3.05) is 0 Å². The lowest BCUT2D eigenvalue weighted by Gasteiger charge is -2.31. The van der Waals surface area contributed by atoms with Gasteiger partial charge in [-0.25, -0.2) is 9.78 Å². The van der Waals surface area contributed by atoms with Crippen molar-refractivity contribution in [2.45, 2.75) is 69.8 Å². The molecule has 1 aromatic carbocycles. The van der Waals surface area contributed by atoms with Crippen molar-refractivity contribution < 1.29 is 24.5 Å². The number of pyridine rings is 2. The molecule has 2 aliphatic heterocycles. The van der Waals surface area contributed by atoms with E-state index in [-0.39, 0.29) is 54.5 Å². The van der Waals surface area contributed by atoms with Crippen molar-refractivity contribution in [3.8, 4) is 11.4 Å². The molecule has 1 saturated carbocycles. The molecule has 38 heavy (non-hydrogen) atoms. The van der Waals surface area contributed by atoms with Gasteiger partial charge >= 0.3 is 5.97 Å². The van der Waals surface area contributed by atoms with E-state index in [2.05, 4.69) is 0 Å². The third kappa shape index (κ3) is 2.79. The molecule has 3 aromatic rings. The van der Waals surface area contributed by atoms with Crippen LogP contribution in [0.5, 0.6) is 0 Å². The minimum atomic E-state index is -1.92. The van der Waals surface area contributed by atoms with Crippen LogP contribution in [0.15, 0.2) is 16.9 Å². The van der Waals surface area contributed by atoms with Crippen LogP contribution in [0.4, 0.5) is 0 Å². The Bertz CT molecular complexity index is 1710. The number of hydrogen-bond donors (Lipinski definition) is 3. The molecule has 1 fully saturated rings. The van der Waals surface area contributed by atoms with Crippen molar-refractivity contribution in [3.63, 3.8) is 0 Å². The molecule has 0 spiro atoms. The molecule has 10 heteroatoms. The van der Waals surface area contributed by atoms with Gasteiger partial charge in [-0.15, -0.1) is 0 Å². The van der Waals surface area contributed by atoms with E-state index in [1.165, 1.54) is 0 Å². The number of halogens is 1. The number of primary amides is 1. The van der Waals surface area contributed by atoms with Crippen LogP contribution in [-0.2, 0) is 39.5 Å². The Morgan fingerprint density at radius 2 is 2.03 bits per heavy atom. The molecule has 7 rings (SSSR count). The fraction of sp³-hybridized carbons (Fsp3) is 0.429. The molecule has 4 N–H and O–H groups in total. The van der Waals surface area contributed by atoms with Gasteiger partial charge in [0.15, 0.2) is 5.60 Å². The molecule has 196 valence electrons. The van der Waals surface area contributed by atoms with E-state index in [1.54, 1.807) is 17.6 Å². The normalized spacial score (nSPS) is 28.5. The molecule has 1 amide bonds. The average Bonchev–Trinajstić information content (AvgIpc) is 3.46. The molecule has 4 atom stereocenters. The number of hydrogen-bond acceptors (Lipinski definition) is 7. The Morgan fingerprint density at radius 1 is 1.26 bits per heavy atom. The van der Waals surface area contributed by atoms with E-state index in [0.29, 0.717) is 28.3 Å². The van der Waals surface area contributed by atoms with E-state index in [1.807, 2.05) is 13.0 Å². The van der Waals surface area contributed by atoms with Gasteiger partial charge in [0.1, 0.15) is 12.2 Å². The third-order valence-corrected chi connectivity index (χ3v) is 9.71. The highest BCUT2D eigenvalue weighted by atomic mass is 35.5. The predicted molar refractivity (Wildman–Crippen MR) is 138 cm³/mol. The maximum atomic E-state index is 13.7. The summed E-state index contributed by atoms with van der Waals surface area (Å²) in [4.78, 5) is 43.3. The lowest BCUT2D eigenvalue weighted by atomic mass is 9.75. The predicted octanol–water partition coefficient (Wildman–Crippen LogP) is 2.31. The molecule has 0 radical (unpaired) electrons. The fourth-order valence-corrected chi connectivity index (χ4v) is 7.25. The highest BCUT2D eigenvalue weighted by molar-refractivity contribution is 6.32. The van der Waals surface area contributed by atoms with Crippen LogP contribution in [0.1, 0.15) is 65.5 Å². The number of aromatic nitrogens is 2. The monoisotopic (exact) mass is 535 g/mol. The zero-order valence-corrected chi connectivity index (χ0v) is 21.7. The lowest BCUT2D eigenvalue weighted by molar-refractivity contribution is -0.172. The molecule has 2 aromatic heterocycles. The largest absolute Gasteiger partial charge is 0.458 e. The second-order valence-corrected chi connectivity index (χ2v) is 11.5. The zero-order chi connectivity index (χ0) is 26.9. The van der Waals surface area contributed by atoms with E-state index >= 15 is 0 Å². The minimum absolute atomic E-state index is 0.0542. The summed E-state index contributed by atoms with van der Waals surface area (Å²) in [7, 11) is 0. The number of aliphatic hydroxyl groups is 2. The number of nitrogens with two attached hydrogens (primary N) is 1. The van der Waals surface area contributed by atoms with E-state index in [9.17, 15) is 24.6 Å². The molecule has 9 nitrogen and oxygen atoms in total. The van der Waals surface area contributed by atoms with Gasteiger partial charge in [-0.1, -0.05) is 18.5 Å². The molecular formula is C28H26ClN3O6. The van der Waals surface area contributed by atoms with Crippen LogP contribution >= 0.6 is 11.6 Å². The Balaban J connectivity index is 1.52. The molecule has 2 aliphatic carbocycles. The summed E-state index contributed by atoms with van der Waals surface area (Å²) >= 11 is 6.61. The number of amides is 1.